The molecule has 0 fully saturated rings. The summed E-state index contributed by atoms with van der Waals surface area (Å²) < 4.78 is 39.4. The third-order valence-corrected chi connectivity index (χ3v) is 13.2. The highest BCUT2D eigenvalue weighted by atomic mass is 31.2. The second-order valence-electron chi connectivity index (χ2n) is 19.4. The number of hydrogen-bond donors (Lipinski definition) is 2. The summed E-state index contributed by atoms with van der Waals surface area (Å²) in [6, 6.07) is 0. The summed E-state index contributed by atoms with van der Waals surface area (Å²) in [6.45, 7) is 4.42. The molecule has 0 aliphatic rings. The quantitative estimate of drug-likeness (QED) is 0.0197. The summed E-state index contributed by atoms with van der Waals surface area (Å²) in [7, 11) is -4.77. The fourth-order valence-corrected chi connectivity index (χ4v) is 8.59. The monoisotopic (exact) mass is 1060 g/mol. The predicted molar refractivity (Wildman–Crippen MR) is 307 cm³/mol. The number of aliphatic hydroxyl groups excluding tert-OH is 1. The molecular weight excluding hydrogens is 952 g/mol. The van der Waals surface area contributed by atoms with E-state index >= 15 is 0 Å². The van der Waals surface area contributed by atoms with Gasteiger partial charge in [0, 0.05) is 19.3 Å². The van der Waals surface area contributed by atoms with Crippen LogP contribution >= 0.6 is 7.82 Å². The van der Waals surface area contributed by atoms with Crippen LogP contribution in [-0.2, 0) is 42.2 Å². The lowest BCUT2D eigenvalue weighted by atomic mass is 10.1. The van der Waals surface area contributed by atoms with Crippen LogP contribution in [-0.4, -0.2) is 66.5 Å². The summed E-state index contributed by atoms with van der Waals surface area (Å²) in [5.74, 6) is -1.57. The minimum atomic E-state index is -4.77. The molecular formula is C62H107O11P. The van der Waals surface area contributed by atoms with Gasteiger partial charge in [-0.25, -0.2) is 4.57 Å². The van der Waals surface area contributed by atoms with Crippen LogP contribution in [0.4, 0.5) is 0 Å². The molecule has 74 heavy (non-hydrogen) atoms. The van der Waals surface area contributed by atoms with Gasteiger partial charge in [-0.15, -0.1) is 0 Å². The molecule has 426 valence electrons. The van der Waals surface area contributed by atoms with Gasteiger partial charge in [0.05, 0.1) is 19.8 Å². The maximum Gasteiger partial charge on any atom is 0.472 e. The van der Waals surface area contributed by atoms with Crippen molar-refractivity contribution in [2.45, 2.75) is 264 Å². The van der Waals surface area contributed by atoms with Crippen LogP contribution in [0.25, 0.3) is 0 Å². The Morgan fingerprint density at radius 3 is 1.18 bits per heavy atom. The molecule has 0 aliphatic heterocycles. The van der Waals surface area contributed by atoms with Gasteiger partial charge in [-0.1, -0.05) is 215 Å². The second kappa shape index (κ2) is 55.9. The number of hydrogen-bond acceptors (Lipinski definition) is 10. The van der Waals surface area contributed by atoms with E-state index in [2.05, 4.69) is 93.7 Å². The van der Waals surface area contributed by atoms with Crippen LogP contribution in [0, 0.1) is 0 Å². The summed E-state index contributed by atoms with van der Waals surface area (Å²) in [5.41, 5.74) is 0. The lowest BCUT2D eigenvalue weighted by molar-refractivity contribution is -0.161. The molecule has 0 rings (SSSR count). The zero-order chi connectivity index (χ0) is 54.1. The molecule has 0 heterocycles. The highest BCUT2D eigenvalue weighted by Crippen LogP contribution is 2.43. The number of phosphoric ester groups is 1. The third kappa shape index (κ3) is 53.5. The highest BCUT2D eigenvalue weighted by molar-refractivity contribution is 7.47. The van der Waals surface area contributed by atoms with Gasteiger partial charge in [0.1, 0.15) is 12.7 Å². The molecule has 11 nitrogen and oxygen atoms in total. The van der Waals surface area contributed by atoms with Crippen LogP contribution in [0.3, 0.4) is 0 Å². The topological polar surface area (TPSA) is 155 Å². The first kappa shape index (κ1) is 70.7. The van der Waals surface area contributed by atoms with Crippen molar-refractivity contribution in [2.75, 3.05) is 26.4 Å². The number of unbranched alkanes of at least 4 members (excludes halogenated alkanes) is 23. The first-order valence-electron chi connectivity index (χ1n) is 29.5. The Morgan fingerprint density at radius 2 is 0.730 bits per heavy atom. The SMILES string of the molecule is CC/C=C\C/C=C\C/C=C\C/C=C\CCC(=O)OCC(COP(=O)(O)OCC(CO)OC(=O)CCCCCCCCC/C=C\CCCCCCCC)OC(=O)CCCCCCCCC/C=C\C/C=C\CCCCC. The number of aliphatic hydroxyl groups is 1. The van der Waals surface area contributed by atoms with Crippen molar-refractivity contribution < 1.29 is 52.2 Å². The minimum Gasteiger partial charge on any atom is -0.462 e. The summed E-state index contributed by atoms with van der Waals surface area (Å²) in [6.07, 6.45) is 64.1. The van der Waals surface area contributed by atoms with Crippen molar-refractivity contribution in [1.29, 1.82) is 0 Å². The maximum absolute atomic E-state index is 12.9. The summed E-state index contributed by atoms with van der Waals surface area (Å²) in [4.78, 5) is 48.5. The molecule has 0 aliphatic carbocycles. The van der Waals surface area contributed by atoms with Crippen molar-refractivity contribution in [3.63, 3.8) is 0 Å². The van der Waals surface area contributed by atoms with Crippen molar-refractivity contribution in [2.24, 2.45) is 0 Å². The molecule has 0 aromatic rings. The Hall–Kier alpha value is -3.34. The minimum absolute atomic E-state index is 0.101. The number of esters is 3. The predicted octanol–water partition coefficient (Wildman–Crippen LogP) is 17.5. The van der Waals surface area contributed by atoms with Crippen LogP contribution in [0.5, 0.6) is 0 Å². The number of rotatable bonds is 54. The first-order chi connectivity index (χ1) is 36.2. The van der Waals surface area contributed by atoms with Gasteiger partial charge >= 0.3 is 25.7 Å². The Morgan fingerprint density at radius 1 is 0.392 bits per heavy atom. The van der Waals surface area contributed by atoms with Crippen molar-refractivity contribution in [3.8, 4) is 0 Å². The van der Waals surface area contributed by atoms with E-state index in [-0.39, 0.29) is 25.9 Å². The Bertz CT molecular complexity index is 1560. The molecule has 0 spiro atoms. The zero-order valence-electron chi connectivity index (χ0n) is 47.0. The van der Waals surface area contributed by atoms with E-state index in [0.29, 0.717) is 19.3 Å². The number of allylic oxidation sites excluding steroid dienone is 14. The van der Waals surface area contributed by atoms with Crippen molar-refractivity contribution in [3.05, 3.63) is 85.1 Å². The fourth-order valence-electron chi connectivity index (χ4n) is 7.81. The van der Waals surface area contributed by atoms with Crippen molar-refractivity contribution >= 4 is 25.7 Å². The van der Waals surface area contributed by atoms with Gasteiger partial charge < -0.3 is 24.2 Å². The zero-order valence-corrected chi connectivity index (χ0v) is 47.9. The number of ether oxygens (including phenoxy) is 3. The smallest absolute Gasteiger partial charge is 0.462 e. The average molecular weight is 1060 g/mol. The van der Waals surface area contributed by atoms with Crippen molar-refractivity contribution in [1.82, 2.24) is 0 Å². The molecule has 3 unspecified atom stereocenters. The summed E-state index contributed by atoms with van der Waals surface area (Å²) in [5, 5.41) is 9.82. The number of phosphoric acid groups is 1. The number of carbonyl (C=O) groups excluding carboxylic acids is 3. The molecule has 0 bridgehead atoms. The van der Waals surface area contributed by atoms with E-state index in [1.165, 1.54) is 103 Å². The average Bonchev–Trinajstić information content (AvgIpc) is 3.39. The van der Waals surface area contributed by atoms with E-state index in [1.807, 2.05) is 12.2 Å². The lowest BCUT2D eigenvalue weighted by Gasteiger charge is -2.21. The molecule has 0 amide bonds. The van der Waals surface area contributed by atoms with Crippen LogP contribution in [0.1, 0.15) is 252 Å². The number of carbonyl (C=O) groups is 3. The molecule has 0 saturated carbocycles. The van der Waals surface area contributed by atoms with E-state index in [0.717, 1.165) is 89.9 Å². The Kier molecular flexibility index (Phi) is 53.4. The van der Waals surface area contributed by atoms with E-state index < -0.39 is 57.8 Å². The lowest BCUT2D eigenvalue weighted by Crippen LogP contribution is -2.30. The molecule has 12 heteroatoms. The normalized spacial score (nSPS) is 14.0. The van der Waals surface area contributed by atoms with Gasteiger partial charge in [-0.3, -0.25) is 23.4 Å². The van der Waals surface area contributed by atoms with Gasteiger partial charge in [-0.05, 0) is 103 Å². The first-order valence-corrected chi connectivity index (χ1v) is 31.0. The molecule has 0 radical (unpaired) electrons. The maximum atomic E-state index is 12.9. The van der Waals surface area contributed by atoms with Gasteiger partial charge in [0.2, 0.25) is 0 Å². The van der Waals surface area contributed by atoms with Crippen LogP contribution in [0.2, 0.25) is 0 Å². The molecule has 3 atom stereocenters. The van der Waals surface area contributed by atoms with Gasteiger partial charge in [0.25, 0.3) is 0 Å². The molecule has 0 aromatic heterocycles. The largest absolute Gasteiger partial charge is 0.472 e. The summed E-state index contributed by atoms with van der Waals surface area (Å²) >= 11 is 0. The van der Waals surface area contributed by atoms with Gasteiger partial charge in [-0.2, -0.15) is 0 Å². The van der Waals surface area contributed by atoms with E-state index in [9.17, 15) is 28.9 Å². The molecule has 0 aromatic carbocycles. The third-order valence-electron chi connectivity index (χ3n) is 12.3. The highest BCUT2D eigenvalue weighted by Gasteiger charge is 2.28. The van der Waals surface area contributed by atoms with E-state index in [1.54, 1.807) is 0 Å². The standard InChI is InChI=1S/C62H107O11P/c1-4-7-10-13-16-19-22-25-27-29-31-34-37-40-43-46-49-52-61(65)72-58(54-63)56-70-74(67,68)71-57-59(55-69-60(64)51-48-45-42-39-36-33-24-21-18-15-12-9-6-3)73-62(66)53-50-47-44-41-38-35-32-30-28-26-23-20-17-14-11-8-5-2/h9,12,17-18,20-21,25-28,33,36,42,45,58-59,63H,4-8,10-11,13-16,19,22-24,29-32,34-35,37-41,43-44,46-57H2,1-3H3,(H,67,68)/b12-9-,20-17-,21-18-,27-25-,28-26-,36-33-,45-42-. The van der Waals surface area contributed by atoms with Gasteiger partial charge in [0.15, 0.2) is 6.10 Å². The van der Waals surface area contributed by atoms with E-state index in [4.69, 9.17) is 23.3 Å². The fraction of sp³-hybridized carbons (Fsp3) is 0.726. The van der Waals surface area contributed by atoms with Crippen LogP contribution < -0.4 is 0 Å². The molecule has 2 N–H and O–H groups in total. The van der Waals surface area contributed by atoms with Crippen LogP contribution in [0.15, 0.2) is 85.1 Å². The Labute approximate surface area is 451 Å². The second-order valence-corrected chi connectivity index (χ2v) is 20.9. The Balaban J connectivity index is 4.76. The molecule has 0 saturated heterocycles.